The van der Waals surface area contributed by atoms with Crippen LogP contribution in [0.4, 0.5) is 0 Å². The zero-order valence-corrected chi connectivity index (χ0v) is 18.7. The molecule has 0 aromatic heterocycles. The van der Waals surface area contributed by atoms with Gasteiger partial charge in [-0.05, 0) is 68.2 Å². The molecule has 0 bridgehead atoms. The fourth-order valence-electron chi connectivity index (χ4n) is 4.40. The summed E-state index contributed by atoms with van der Waals surface area (Å²) in [5.74, 6) is 2.66. The molecule has 2 heterocycles. The lowest BCUT2D eigenvalue weighted by molar-refractivity contribution is 0.0625. The maximum atomic E-state index is 5.47. The zero-order chi connectivity index (χ0) is 20.5. The highest BCUT2D eigenvalue weighted by Crippen LogP contribution is 2.19. The Balaban J connectivity index is 1.45. The first kappa shape index (κ1) is 22.1. The molecular weight excluding hydrogens is 360 g/mol. The molecule has 1 N–H and O–H groups in total. The number of likely N-dealkylation sites (tertiary alicyclic amines) is 1. The Bertz CT molecular complexity index is 634. The van der Waals surface area contributed by atoms with E-state index >= 15 is 0 Å². The van der Waals surface area contributed by atoms with Gasteiger partial charge in [0.05, 0.1) is 0 Å². The monoisotopic (exact) mass is 400 g/mol. The summed E-state index contributed by atoms with van der Waals surface area (Å²) < 4.78 is 5.47. The molecule has 2 fully saturated rings. The number of ether oxygens (including phenoxy) is 1. The highest BCUT2D eigenvalue weighted by atomic mass is 16.5. The molecule has 0 saturated carbocycles. The van der Waals surface area contributed by atoms with E-state index in [0.29, 0.717) is 0 Å². The van der Waals surface area contributed by atoms with E-state index in [1.54, 1.807) is 0 Å². The molecule has 3 rings (SSSR count). The largest absolute Gasteiger partial charge is 0.381 e. The zero-order valence-electron chi connectivity index (χ0n) is 18.7. The fraction of sp³-hybridized carbons (Fsp3) is 0.708. The molecule has 29 heavy (non-hydrogen) atoms. The molecule has 0 unspecified atom stereocenters. The lowest BCUT2D eigenvalue weighted by atomic mass is 9.96. The average molecular weight is 401 g/mol. The van der Waals surface area contributed by atoms with Crippen molar-refractivity contribution in [1.29, 1.82) is 0 Å². The molecule has 1 aromatic carbocycles. The van der Waals surface area contributed by atoms with Crippen LogP contribution in [0.3, 0.4) is 0 Å². The van der Waals surface area contributed by atoms with Gasteiger partial charge in [-0.1, -0.05) is 31.2 Å². The molecule has 2 saturated heterocycles. The quantitative estimate of drug-likeness (QED) is 0.559. The molecule has 0 radical (unpaired) electrons. The first-order valence-corrected chi connectivity index (χ1v) is 11.4. The van der Waals surface area contributed by atoms with E-state index in [1.807, 2.05) is 7.05 Å². The van der Waals surface area contributed by atoms with Crippen LogP contribution in [0, 0.1) is 11.8 Å². The second-order valence-electron chi connectivity index (χ2n) is 8.95. The van der Waals surface area contributed by atoms with Gasteiger partial charge < -0.3 is 15.0 Å². The molecule has 2 aliphatic heterocycles. The Morgan fingerprint density at radius 1 is 1.17 bits per heavy atom. The second-order valence-corrected chi connectivity index (χ2v) is 8.95. The SMILES string of the molecule is CN=C(NCc1cccc(CN2CCC(C)CC2)c1)N(C)CCC1CCOCC1. The summed E-state index contributed by atoms with van der Waals surface area (Å²) in [5.41, 5.74) is 2.74. The van der Waals surface area contributed by atoms with Crippen LogP contribution in [0.15, 0.2) is 29.3 Å². The van der Waals surface area contributed by atoms with Gasteiger partial charge >= 0.3 is 0 Å². The van der Waals surface area contributed by atoms with Gasteiger partial charge in [0.15, 0.2) is 5.96 Å². The molecule has 5 heteroatoms. The number of benzene rings is 1. The number of hydrogen-bond acceptors (Lipinski definition) is 3. The number of nitrogens with one attached hydrogen (secondary N) is 1. The lowest BCUT2D eigenvalue weighted by Gasteiger charge is -2.30. The third-order valence-electron chi connectivity index (χ3n) is 6.51. The first-order chi connectivity index (χ1) is 14.1. The molecule has 0 spiro atoms. The summed E-state index contributed by atoms with van der Waals surface area (Å²) in [4.78, 5) is 9.34. The van der Waals surface area contributed by atoms with Gasteiger partial charge in [0, 0.05) is 46.9 Å². The van der Waals surface area contributed by atoms with Gasteiger partial charge in [-0.15, -0.1) is 0 Å². The number of nitrogens with zero attached hydrogens (tertiary/aromatic N) is 3. The lowest BCUT2D eigenvalue weighted by Crippen LogP contribution is -2.39. The van der Waals surface area contributed by atoms with Crippen molar-refractivity contribution in [2.24, 2.45) is 16.8 Å². The van der Waals surface area contributed by atoms with Crippen molar-refractivity contribution in [3.8, 4) is 0 Å². The van der Waals surface area contributed by atoms with E-state index in [1.165, 1.54) is 56.3 Å². The maximum absolute atomic E-state index is 5.47. The van der Waals surface area contributed by atoms with E-state index < -0.39 is 0 Å². The van der Waals surface area contributed by atoms with Crippen molar-refractivity contribution < 1.29 is 4.74 Å². The van der Waals surface area contributed by atoms with E-state index in [4.69, 9.17) is 4.74 Å². The van der Waals surface area contributed by atoms with Gasteiger partial charge in [0.2, 0.25) is 0 Å². The van der Waals surface area contributed by atoms with Crippen molar-refractivity contribution in [1.82, 2.24) is 15.1 Å². The van der Waals surface area contributed by atoms with Gasteiger partial charge in [-0.2, -0.15) is 0 Å². The summed E-state index contributed by atoms with van der Waals surface area (Å²) >= 11 is 0. The van der Waals surface area contributed by atoms with Crippen LogP contribution in [-0.4, -0.2) is 62.7 Å². The van der Waals surface area contributed by atoms with Gasteiger partial charge in [-0.25, -0.2) is 0 Å². The van der Waals surface area contributed by atoms with Gasteiger partial charge in [0.1, 0.15) is 0 Å². The third-order valence-corrected chi connectivity index (χ3v) is 6.51. The molecule has 1 aromatic rings. The molecule has 0 aliphatic carbocycles. The van der Waals surface area contributed by atoms with Crippen LogP contribution < -0.4 is 5.32 Å². The third kappa shape index (κ3) is 7.31. The smallest absolute Gasteiger partial charge is 0.193 e. The van der Waals surface area contributed by atoms with Crippen molar-refractivity contribution in [3.63, 3.8) is 0 Å². The Hall–Kier alpha value is -1.59. The summed E-state index contributed by atoms with van der Waals surface area (Å²) in [5, 5.41) is 3.55. The highest BCUT2D eigenvalue weighted by molar-refractivity contribution is 5.79. The van der Waals surface area contributed by atoms with Crippen LogP contribution in [0.1, 0.15) is 50.2 Å². The van der Waals surface area contributed by atoms with E-state index in [9.17, 15) is 0 Å². The number of hydrogen-bond donors (Lipinski definition) is 1. The Kier molecular flexibility index (Phi) is 8.81. The van der Waals surface area contributed by atoms with E-state index in [0.717, 1.165) is 50.6 Å². The van der Waals surface area contributed by atoms with Crippen LogP contribution in [0.2, 0.25) is 0 Å². The summed E-state index contributed by atoms with van der Waals surface area (Å²) in [6.45, 7) is 9.61. The molecule has 5 nitrogen and oxygen atoms in total. The maximum Gasteiger partial charge on any atom is 0.193 e. The molecule has 0 atom stereocenters. The number of guanidine groups is 1. The number of piperidine rings is 1. The average Bonchev–Trinajstić information content (AvgIpc) is 2.75. The minimum atomic E-state index is 0.791. The molecule has 2 aliphatic rings. The van der Waals surface area contributed by atoms with Crippen LogP contribution in [0.5, 0.6) is 0 Å². The minimum Gasteiger partial charge on any atom is -0.381 e. The second kappa shape index (κ2) is 11.6. The molecule has 162 valence electrons. The van der Waals surface area contributed by atoms with E-state index in [-0.39, 0.29) is 0 Å². The summed E-state index contributed by atoms with van der Waals surface area (Å²) in [6.07, 6.45) is 6.27. The highest BCUT2D eigenvalue weighted by Gasteiger charge is 2.17. The molecular formula is C24H40N4O. The summed E-state index contributed by atoms with van der Waals surface area (Å²) in [7, 11) is 4.02. The molecule has 0 amide bonds. The van der Waals surface area contributed by atoms with Gasteiger partial charge in [0.25, 0.3) is 0 Å². The van der Waals surface area contributed by atoms with Crippen molar-refractivity contribution in [2.75, 3.05) is 46.9 Å². The summed E-state index contributed by atoms with van der Waals surface area (Å²) in [6, 6.07) is 9.01. The van der Waals surface area contributed by atoms with Crippen molar-refractivity contribution in [2.45, 2.75) is 52.1 Å². The fourth-order valence-corrected chi connectivity index (χ4v) is 4.40. The van der Waals surface area contributed by atoms with E-state index in [2.05, 4.69) is 58.3 Å². The predicted molar refractivity (Wildman–Crippen MR) is 121 cm³/mol. The number of aliphatic imine (C=N–C) groups is 1. The first-order valence-electron chi connectivity index (χ1n) is 11.4. The van der Waals surface area contributed by atoms with Crippen molar-refractivity contribution >= 4 is 5.96 Å². The van der Waals surface area contributed by atoms with Crippen LogP contribution in [-0.2, 0) is 17.8 Å². The van der Waals surface area contributed by atoms with Gasteiger partial charge in [-0.3, -0.25) is 9.89 Å². The minimum absolute atomic E-state index is 0.791. The Morgan fingerprint density at radius 2 is 1.90 bits per heavy atom. The van der Waals surface area contributed by atoms with Crippen LogP contribution >= 0.6 is 0 Å². The Morgan fingerprint density at radius 3 is 2.62 bits per heavy atom. The standard InChI is InChI=1S/C24H40N4O/c1-20-7-13-28(14-8-20)19-23-6-4-5-22(17-23)18-26-24(25-2)27(3)12-9-21-10-15-29-16-11-21/h4-6,17,20-21H,7-16,18-19H2,1-3H3,(H,25,26). The Labute approximate surface area is 177 Å². The topological polar surface area (TPSA) is 40.1 Å². The predicted octanol–water partition coefficient (Wildman–Crippen LogP) is 3.74. The number of rotatable bonds is 7. The van der Waals surface area contributed by atoms with Crippen LogP contribution in [0.25, 0.3) is 0 Å². The normalized spacial score (nSPS) is 20.0. The van der Waals surface area contributed by atoms with Crippen molar-refractivity contribution in [3.05, 3.63) is 35.4 Å².